The van der Waals surface area contributed by atoms with Gasteiger partial charge in [-0.2, -0.15) is 0 Å². The first-order valence-electron chi connectivity index (χ1n) is 6.77. The van der Waals surface area contributed by atoms with Gasteiger partial charge in [0.15, 0.2) is 5.43 Å². The van der Waals surface area contributed by atoms with Crippen LogP contribution in [0, 0.1) is 0 Å². The Bertz CT molecular complexity index is 1120. The number of rotatable bonds is 1. The zero-order valence-electron chi connectivity index (χ0n) is 11.4. The topological polar surface area (TPSA) is 60.4 Å². The van der Waals surface area contributed by atoms with E-state index in [1.54, 1.807) is 18.2 Å². The van der Waals surface area contributed by atoms with E-state index in [1.165, 1.54) is 18.4 Å². The minimum Gasteiger partial charge on any atom is -0.464 e. The van der Waals surface area contributed by atoms with E-state index >= 15 is 0 Å². The molecule has 22 heavy (non-hydrogen) atoms. The van der Waals surface area contributed by atoms with Crippen molar-refractivity contribution in [3.05, 3.63) is 81.5 Å². The SMILES string of the molecule is O=c1cc(-c2ccc3occc(=O)c3c2)c2ccccc2o1. The number of para-hydroxylation sites is 1. The van der Waals surface area contributed by atoms with Gasteiger partial charge in [0, 0.05) is 17.5 Å². The summed E-state index contributed by atoms with van der Waals surface area (Å²) in [6.45, 7) is 0. The molecule has 0 N–H and O–H groups in total. The molecule has 0 atom stereocenters. The van der Waals surface area contributed by atoms with Crippen LogP contribution in [0.25, 0.3) is 33.1 Å². The molecule has 0 spiro atoms. The van der Waals surface area contributed by atoms with E-state index in [4.69, 9.17) is 8.83 Å². The average molecular weight is 290 g/mol. The van der Waals surface area contributed by atoms with Crippen molar-refractivity contribution in [3.63, 3.8) is 0 Å². The molecule has 2 aromatic heterocycles. The molecule has 0 amide bonds. The Morgan fingerprint density at radius 2 is 1.64 bits per heavy atom. The van der Waals surface area contributed by atoms with Crippen molar-refractivity contribution in [1.29, 1.82) is 0 Å². The highest BCUT2D eigenvalue weighted by Crippen LogP contribution is 2.28. The van der Waals surface area contributed by atoms with Crippen LogP contribution in [0.3, 0.4) is 0 Å². The van der Waals surface area contributed by atoms with Crippen LogP contribution in [0.4, 0.5) is 0 Å². The van der Waals surface area contributed by atoms with Crippen LogP contribution in [0.5, 0.6) is 0 Å². The van der Waals surface area contributed by atoms with Crippen molar-refractivity contribution < 1.29 is 8.83 Å². The van der Waals surface area contributed by atoms with Crippen LogP contribution in [0.15, 0.2) is 79.3 Å². The van der Waals surface area contributed by atoms with Gasteiger partial charge in [-0.3, -0.25) is 4.79 Å². The molecule has 0 fully saturated rings. The standard InChI is InChI=1S/C18H10O4/c19-15-7-8-21-16-6-5-11(9-14(15)16)13-10-18(20)22-17-4-2-1-3-12(13)17/h1-10H. The molecule has 0 saturated carbocycles. The number of hydrogen-bond donors (Lipinski definition) is 0. The third-order valence-electron chi connectivity index (χ3n) is 3.62. The predicted molar refractivity (Wildman–Crippen MR) is 84.0 cm³/mol. The second-order valence-electron chi connectivity index (χ2n) is 4.97. The third kappa shape index (κ3) is 1.93. The molecule has 0 saturated heterocycles. The van der Waals surface area contributed by atoms with Gasteiger partial charge in [0.25, 0.3) is 0 Å². The molecule has 2 heterocycles. The predicted octanol–water partition coefficient (Wildman–Crippen LogP) is 3.57. The van der Waals surface area contributed by atoms with Gasteiger partial charge in [0.2, 0.25) is 0 Å². The Labute approximate surface area is 124 Å². The zero-order chi connectivity index (χ0) is 15.1. The molecule has 2 aromatic carbocycles. The monoisotopic (exact) mass is 290 g/mol. The van der Waals surface area contributed by atoms with Crippen molar-refractivity contribution >= 4 is 21.9 Å². The van der Waals surface area contributed by atoms with Crippen LogP contribution in [-0.2, 0) is 0 Å². The fourth-order valence-electron chi connectivity index (χ4n) is 2.60. The van der Waals surface area contributed by atoms with Crippen LogP contribution in [0.2, 0.25) is 0 Å². The number of benzene rings is 2. The Morgan fingerprint density at radius 1 is 0.773 bits per heavy atom. The molecule has 0 aliphatic carbocycles. The summed E-state index contributed by atoms with van der Waals surface area (Å²) in [6, 6.07) is 15.4. The van der Waals surface area contributed by atoms with Crippen molar-refractivity contribution in [2.24, 2.45) is 0 Å². The Hall–Kier alpha value is -3.14. The summed E-state index contributed by atoms with van der Waals surface area (Å²) in [4.78, 5) is 23.7. The Kier molecular flexibility index (Phi) is 2.69. The molecule has 4 aromatic rings. The molecule has 4 nitrogen and oxygen atoms in total. The largest absolute Gasteiger partial charge is 0.464 e. The fraction of sp³-hybridized carbons (Fsp3) is 0. The summed E-state index contributed by atoms with van der Waals surface area (Å²) in [6.07, 6.45) is 1.37. The van der Waals surface area contributed by atoms with Crippen LogP contribution in [0.1, 0.15) is 0 Å². The zero-order valence-corrected chi connectivity index (χ0v) is 11.4. The summed E-state index contributed by atoms with van der Waals surface area (Å²) in [7, 11) is 0. The van der Waals surface area contributed by atoms with E-state index in [0.29, 0.717) is 16.6 Å². The number of fused-ring (bicyclic) bond motifs is 2. The van der Waals surface area contributed by atoms with Crippen molar-refractivity contribution in [2.45, 2.75) is 0 Å². The summed E-state index contributed by atoms with van der Waals surface area (Å²) < 4.78 is 10.5. The minimum absolute atomic E-state index is 0.115. The summed E-state index contributed by atoms with van der Waals surface area (Å²) >= 11 is 0. The summed E-state index contributed by atoms with van der Waals surface area (Å²) in [5, 5.41) is 1.30. The second kappa shape index (κ2) is 4.70. The smallest absolute Gasteiger partial charge is 0.336 e. The average Bonchev–Trinajstić information content (AvgIpc) is 2.54. The summed E-state index contributed by atoms with van der Waals surface area (Å²) in [5.74, 6) is 0. The van der Waals surface area contributed by atoms with E-state index in [-0.39, 0.29) is 5.43 Å². The highest BCUT2D eigenvalue weighted by molar-refractivity contribution is 5.95. The van der Waals surface area contributed by atoms with Crippen LogP contribution < -0.4 is 11.1 Å². The summed E-state index contributed by atoms with van der Waals surface area (Å²) in [5.41, 5.74) is 2.00. The highest BCUT2D eigenvalue weighted by Gasteiger charge is 2.09. The first-order chi connectivity index (χ1) is 10.7. The van der Waals surface area contributed by atoms with Gasteiger partial charge in [-0.25, -0.2) is 4.79 Å². The molecule has 0 aliphatic rings. The lowest BCUT2D eigenvalue weighted by molar-refractivity contribution is 0.561. The van der Waals surface area contributed by atoms with E-state index in [2.05, 4.69) is 0 Å². The lowest BCUT2D eigenvalue weighted by Crippen LogP contribution is -2.00. The molecule has 0 unspecified atom stereocenters. The van der Waals surface area contributed by atoms with Gasteiger partial charge >= 0.3 is 5.63 Å². The van der Waals surface area contributed by atoms with Crippen molar-refractivity contribution in [3.8, 4) is 11.1 Å². The normalized spacial score (nSPS) is 11.1. The van der Waals surface area contributed by atoms with E-state index in [9.17, 15) is 9.59 Å². The molecule has 4 rings (SSSR count). The maximum atomic E-state index is 12.0. The van der Waals surface area contributed by atoms with Crippen LogP contribution in [-0.4, -0.2) is 0 Å². The molecular formula is C18H10O4. The maximum absolute atomic E-state index is 12.0. The molecule has 0 bridgehead atoms. The molecule has 0 radical (unpaired) electrons. The Morgan fingerprint density at radius 3 is 2.55 bits per heavy atom. The van der Waals surface area contributed by atoms with E-state index < -0.39 is 5.63 Å². The molecule has 0 aliphatic heterocycles. The molecular weight excluding hydrogens is 280 g/mol. The van der Waals surface area contributed by atoms with Gasteiger partial charge in [-0.15, -0.1) is 0 Å². The van der Waals surface area contributed by atoms with Gasteiger partial charge < -0.3 is 8.83 Å². The molecule has 106 valence electrons. The van der Waals surface area contributed by atoms with Crippen molar-refractivity contribution in [1.82, 2.24) is 0 Å². The first kappa shape index (κ1) is 12.6. The highest BCUT2D eigenvalue weighted by atomic mass is 16.4. The molecule has 4 heteroatoms. The van der Waals surface area contributed by atoms with Gasteiger partial charge in [-0.05, 0) is 29.3 Å². The Balaban J connectivity index is 2.09. The first-order valence-corrected chi connectivity index (χ1v) is 6.77. The second-order valence-corrected chi connectivity index (χ2v) is 4.97. The van der Waals surface area contributed by atoms with E-state index in [0.717, 1.165) is 16.5 Å². The van der Waals surface area contributed by atoms with Crippen molar-refractivity contribution in [2.75, 3.05) is 0 Å². The minimum atomic E-state index is -0.422. The van der Waals surface area contributed by atoms with Gasteiger partial charge in [0.1, 0.15) is 11.2 Å². The number of hydrogen-bond acceptors (Lipinski definition) is 4. The quantitative estimate of drug-likeness (QED) is 0.503. The maximum Gasteiger partial charge on any atom is 0.336 e. The third-order valence-corrected chi connectivity index (χ3v) is 3.62. The lowest BCUT2D eigenvalue weighted by atomic mass is 10.0. The lowest BCUT2D eigenvalue weighted by Gasteiger charge is -2.06. The van der Waals surface area contributed by atoms with E-state index in [1.807, 2.05) is 24.3 Å². The van der Waals surface area contributed by atoms with Gasteiger partial charge in [0.05, 0.1) is 11.6 Å². The fourth-order valence-corrected chi connectivity index (χ4v) is 2.60. The van der Waals surface area contributed by atoms with Gasteiger partial charge in [-0.1, -0.05) is 24.3 Å². The van der Waals surface area contributed by atoms with Crippen LogP contribution >= 0.6 is 0 Å².